The zero-order valence-corrected chi connectivity index (χ0v) is 16.1. The van der Waals surface area contributed by atoms with E-state index in [1.54, 1.807) is 6.92 Å². The van der Waals surface area contributed by atoms with Gasteiger partial charge in [-0.05, 0) is 55.4 Å². The SMILES string of the molecule is CCCCCc1cc(CCCCC)cc(OC(CC)S(=O)(=O)O)c1. The van der Waals surface area contributed by atoms with E-state index >= 15 is 0 Å². The molecule has 1 aromatic rings. The van der Waals surface area contributed by atoms with Crippen LogP contribution in [0.4, 0.5) is 0 Å². The summed E-state index contributed by atoms with van der Waals surface area (Å²) in [6.45, 7) is 6.03. The summed E-state index contributed by atoms with van der Waals surface area (Å²) in [7, 11) is -4.20. The zero-order valence-electron chi connectivity index (χ0n) is 15.3. The Morgan fingerprint density at radius 3 is 1.79 bits per heavy atom. The summed E-state index contributed by atoms with van der Waals surface area (Å²) in [5.41, 5.74) is 1.15. The quantitative estimate of drug-likeness (QED) is 0.415. The molecule has 5 heteroatoms. The van der Waals surface area contributed by atoms with Gasteiger partial charge in [0.25, 0.3) is 0 Å². The largest absolute Gasteiger partial charge is 0.472 e. The first-order chi connectivity index (χ1) is 11.4. The maximum Gasteiger partial charge on any atom is 0.303 e. The van der Waals surface area contributed by atoms with Gasteiger partial charge in [0.15, 0.2) is 0 Å². The van der Waals surface area contributed by atoms with E-state index in [0.29, 0.717) is 5.75 Å². The van der Waals surface area contributed by atoms with Crippen molar-refractivity contribution in [2.45, 2.75) is 84.0 Å². The molecule has 1 atom stereocenters. The molecule has 24 heavy (non-hydrogen) atoms. The molecule has 0 bridgehead atoms. The topological polar surface area (TPSA) is 63.6 Å². The van der Waals surface area contributed by atoms with Crippen LogP contribution in [0.5, 0.6) is 5.75 Å². The first kappa shape index (κ1) is 21.0. The molecule has 4 nitrogen and oxygen atoms in total. The minimum atomic E-state index is -4.20. The summed E-state index contributed by atoms with van der Waals surface area (Å²) < 4.78 is 37.6. The van der Waals surface area contributed by atoms with Crippen LogP contribution < -0.4 is 4.74 Å². The Kier molecular flexibility index (Phi) is 9.37. The van der Waals surface area contributed by atoms with Gasteiger partial charge in [-0.2, -0.15) is 8.42 Å². The molecule has 0 heterocycles. The molecule has 1 rings (SSSR count). The van der Waals surface area contributed by atoms with Crippen molar-refractivity contribution >= 4 is 10.1 Å². The first-order valence-corrected chi connectivity index (χ1v) is 10.7. The molecule has 0 saturated carbocycles. The van der Waals surface area contributed by atoms with E-state index in [0.717, 1.165) is 25.7 Å². The molecule has 1 aromatic carbocycles. The maximum absolute atomic E-state index is 11.4. The number of aryl methyl sites for hydroxylation is 2. The van der Waals surface area contributed by atoms with Gasteiger partial charge in [-0.25, -0.2) is 0 Å². The van der Waals surface area contributed by atoms with Gasteiger partial charge in [-0.15, -0.1) is 0 Å². The van der Waals surface area contributed by atoms with Gasteiger partial charge in [-0.3, -0.25) is 4.55 Å². The van der Waals surface area contributed by atoms with Gasteiger partial charge in [0.05, 0.1) is 0 Å². The van der Waals surface area contributed by atoms with Crippen LogP contribution in [0.3, 0.4) is 0 Å². The lowest BCUT2D eigenvalue weighted by molar-refractivity contribution is 0.252. The highest BCUT2D eigenvalue weighted by atomic mass is 32.2. The fraction of sp³-hybridized carbons (Fsp3) is 0.684. The third-order valence-electron chi connectivity index (χ3n) is 4.10. The molecule has 0 aliphatic heterocycles. The van der Waals surface area contributed by atoms with Gasteiger partial charge in [0.2, 0.25) is 5.44 Å². The molecule has 0 aliphatic carbocycles. The second kappa shape index (κ2) is 10.7. The molecule has 0 spiro atoms. The Hall–Kier alpha value is -1.07. The van der Waals surface area contributed by atoms with E-state index in [1.165, 1.54) is 36.8 Å². The monoisotopic (exact) mass is 356 g/mol. The number of benzene rings is 1. The van der Waals surface area contributed by atoms with Crippen molar-refractivity contribution in [1.82, 2.24) is 0 Å². The number of rotatable bonds is 12. The average Bonchev–Trinajstić information content (AvgIpc) is 2.52. The molecule has 138 valence electrons. The predicted octanol–water partition coefficient (Wildman–Crippen LogP) is 5.15. The van der Waals surface area contributed by atoms with E-state index in [2.05, 4.69) is 19.9 Å². The van der Waals surface area contributed by atoms with Gasteiger partial charge in [0, 0.05) is 0 Å². The van der Waals surface area contributed by atoms with Gasteiger partial charge < -0.3 is 4.74 Å². The summed E-state index contributed by atoms with van der Waals surface area (Å²) in [6.07, 6.45) is 9.07. The van der Waals surface area contributed by atoms with Crippen molar-refractivity contribution < 1.29 is 17.7 Å². The number of hydrogen-bond donors (Lipinski definition) is 1. The lowest BCUT2D eigenvalue weighted by Crippen LogP contribution is -2.26. The Balaban J connectivity index is 2.94. The van der Waals surface area contributed by atoms with Crippen LogP contribution in [-0.2, 0) is 23.0 Å². The predicted molar refractivity (Wildman–Crippen MR) is 99.2 cm³/mol. The molecule has 0 radical (unpaired) electrons. The summed E-state index contributed by atoms with van der Waals surface area (Å²) in [6, 6.07) is 6.02. The number of ether oxygens (including phenoxy) is 1. The van der Waals surface area contributed by atoms with Crippen molar-refractivity contribution in [3.63, 3.8) is 0 Å². The van der Waals surface area contributed by atoms with Crippen LogP contribution in [0.2, 0.25) is 0 Å². The van der Waals surface area contributed by atoms with E-state index in [-0.39, 0.29) is 6.42 Å². The van der Waals surface area contributed by atoms with Crippen molar-refractivity contribution in [3.05, 3.63) is 29.3 Å². The van der Waals surface area contributed by atoms with Crippen LogP contribution in [0.1, 0.15) is 76.8 Å². The minimum absolute atomic E-state index is 0.212. The molecule has 0 fully saturated rings. The fourth-order valence-electron chi connectivity index (χ4n) is 2.75. The van der Waals surface area contributed by atoms with Crippen molar-refractivity contribution in [2.24, 2.45) is 0 Å². The van der Waals surface area contributed by atoms with E-state index < -0.39 is 15.6 Å². The lowest BCUT2D eigenvalue weighted by atomic mass is 10.0. The highest BCUT2D eigenvalue weighted by molar-refractivity contribution is 7.86. The van der Waals surface area contributed by atoms with Crippen LogP contribution in [0.25, 0.3) is 0 Å². The van der Waals surface area contributed by atoms with Crippen LogP contribution in [0.15, 0.2) is 18.2 Å². The Morgan fingerprint density at radius 1 is 0.917 bits per heavy atom. The summed E-state index contributed by atoms with van der Waals surface area (Å²) in [5, 5.41) is 0. The highest BCUT2D eigenvalue weighted by Crippen LogP contribution is 2.23. The molecule has 0 aromatic heterocycles. The Labute approximate surface area is 147 Å². The molecule has 1 N–H and O–H groups in total. The van der Waals surface area contributed by atoms with Crippen molar-refractivity contribution in [1.29, 1.82) is 0 Å². The van der Waals surface area contributed by atoms with Crippen molar-refractivity contribution in [3.8, 4) is 5.75 Å². The average molecular weight is 357 g/mol. The Morgan fingerprint density at radius 2 is 1.42 bits per heavy atom. The van der Waals surface area contributed by atoms with Gasteiger partial charge in [0.1, 0.15) is 5.75 Å². The first-order valence-electron chi connectivity index (χ1n) is 9.16. The molecule has 0 aliphatic rings. The van der Waals surface area contributed by atoms with Crippen molar-refractivity contribution in [2.75, 3.05) is 0 Å². The fourth-order valence-corrected chi connectivity index (χ4v) is 3.40. The molecular weight excluding hydrogens is 324 g/mol. The smallest absolute Gasteiger partial charge is 0.303 e. The molecule has 0 saturated heterocycles. The van der Waals surface area contributed by atoms with Crippen LogP contribution in [0, 0.1) is 0 Å². The lowest BCUT2D eigenvalue weighted by Gasteiger charge is -2.16. The highest BCUT2D eigenvalue weighted by Gasteiger charge is 2.23. The zero-order chi connectivity index (χ0) is 18.0. The summed E-state index contributed by atoms with van der Waals surface area (Å²) in [4.78, 5) is 0. The number of unbranched alkanes of at least 4 members (excludes halogenated alkanes) is 4. The second-order valence-corrected chi connectivity index (χ2v) is 7.93. The van der Waals surface area contributed by atoms with E-state index in [1.807, 2.05) is 12.1 Å². The maximum atomic E-state index is 11.4. The Bertz CT molecular complexity index is 553. The molecule has 0 amide bonds. The third kappa shape index (κ3) is 7.67. The standard InChI is InChI=1S/C19H32O4S/c1-4-7-9-11-16-13-17(12-10-8-5-2)15-18(14-16)23-19(6-3)24(20,21)22/h13-15,19H,4-12H2,1-3H3,(H,20,21,22). The normalized spacial score (nSPS) is 13.0. The van der Waals surface area contributed by atoms with Crippen LogP contribution in [-0.4, -0.2) is 18.4 Å². The third-order valence-corrected chi connectivity index (χ3v) is 5.19. The second-order valence-electron chi connectivity index (χ2n) is 6.37. The van der Waals surface area contributed by atoms with E-state index in [9.17, 15) is 13.0 Å². The molecule has 1 unspecified atom stereocenters. The summed E-state index contributed by atoms with van der Waals surface area (Å²) >= 11 is 0. The molecular formula is C19H32O4S. The van der Waals surface area contributed by atoms with Gasteiger partial charge >= 0.3 is 10.1 Å². The summed E-state index contributed by atoms with van der Waals surface area (Å²) in [5.74, 6) is 0.542. The number of hydrogen-bond acceptors (Lipinski definition) is 3. The van der Waals surface area contributed by atoms with Crippen LogP contribution >= 0.6 is 0 Å². The van der Waals surface area contributed by atoms with E-state index in [4.69, 9.17) is 4.74 Å². The minimum Gasteiger partial charge on any atom is -0.472 e. The van der Waals surface area contributed by atoms with Gasteiger partial charge in [-0.1, -0.05) is 52.5 Å².